The fourth-order valence-electron chi connectivity index (χ4n) is 4.81. The summed E-state index contributed by atoms with van der Waals surface area (Å²) >= 11 is 0. The third-order valence-corrected chi connectivity index (χ3v) is 6.66. The van der Waals surface area contributed by atoms with Gasteiger partial charge in [0.25, 0.3) is 0 Å². The molecule has 2 aromatic heterocycles. The predicted octanol–water partition coefficient (Wildman–Crippen LogP) is 3.03. The van der Waals surface area contributed by atoms with E-state index in [0.29, 0.717) is 23.8 Å². The van der Waals surface area contributed by atoms with Crippen molar-refractivity contribution in [1.82, 2.24) is 14.1 Å². The highest BCUT2D eigenvalue weighted by Gasteiger charge is 2.26. The van der Waals surface area contributed by atoms with Crippen molar-refractivity contribution in [2.24, 2.45) is 7.05 Å². The first-order valence-electron chi connectivity index (χ1n) is 11.3. The summed E-state index contributed by atoms with van der Waals surface area (Å²) in [4.78, 5) is 20.0. The first-order chi connectivity index (χ1) is 15.5. The summed E-state index contributed by atoms with van der Waals surface area (Å²) in [5.41, 5.74) is 16.7. The van der Waals surface area contributed by atoms with Gasteiger partial charge in [-0.3, -0.25) is 9.13 Å². The average molecular weight is 435 g/mol. The molecule has 0 spiro atoms. The Balaban J connectivity index is 1.56. The molecule has 8 heteroatoms. The molecule has 5 rings (SSSR count). The lowest BCUT2D eigenvalue weighted by molar-refractivity contribution is 0.0584. The van der Waals surface area contributed by atoms with Crippen LogP contribution in [0.1, 0.15) is 31.7 Å². The summed E-state index contributed by atoms with van der Waals surface area (Å²) in [5, 5.41) is 0. The first-order valence-corrected chi connectivity index (χ1v) is 11.3. The van der Waals surface area contributed by atoms with Crippen molar-refractivity contribution in [3.63, 3.8) is 0 Å². The number of imidazole rings is 1. The van der Waals surface area contributed by atoms with Gasteiger partial charge in [0.15, 0.2) is 0 Å². The number of pyridine rings is 1. The number of hydrogen-bond donors (Lipinski definition) is 2. The van der Waals surface area contributed by atoms with Gasteiger partial charge in [-0.05, 0) is 55.5 Å². The highest BCUT2D eigenvalue weighted by molar-refractivity contribution is 5.85. The third kappa shape index (κ3) is 3.54. The van der Waals surface area contributed by atoms with E-state index in [4.69, 9.17) is 16.2 Å². The highest BCUT2D eigenvalue weighted by Crippen LogP contribution is 2.36. The summed E-state index contributed by atoms with van der Waals surface area (Å²) in [6.45, 7) is 3.35. The van der Waals surface area contributed by atoms with Crippen molar-refractivity contribution in [1.29, 1.82) is 0 Å². The van der Waals surface area contributed by atoms with E-state index in [-0.39, 0.29) is 11.7 Å². The maximum atomic E-state index is 13.0. The van der Waals surface area contributed by atoms with Gasteiger partial charge in [-0.25, -0.2) is 9.78 Å². The normalized spacial score (nSPS) is 18.9. The van der Waals surface area contributed by atoms with Crippen molar-refractivity contribution in [3.05, 3.63) is 47.0 Å². The second-order valence-corrected chi connectivity index (χ2v) is 8.72. The monoisotopic (exact) mass is 434 g/mol. The maximum Gasteiger partial charge on any atom is 0.330 e. The van der Waals surface area contributed by atoms with Crippen molar-refractivity contribution >= 4 is 17.3 Å². The van der Waals surface area contributed by atoms with Crippen LogP contribution in [0.5, 0.6) is 0 Å². The quantitative estimate of drug-likeness (QED) is 0.612. The van der Waals surface area contributed by atoms with E-state index in [1.807, 2.05) is 24.4 Å². The third-order valence-electron chi connectivity index (χ3n) is 6.66. The van der Waals surface area contributed by atoms with Gasteiger partial charge >= 0.3 is 5.69 Å². The number of hydrogen-bond acceptors (Lipinski definition) is 6. The summed E-state index contributed by atoms with van der Waals surface area (Å²) in [7, 11) is 1.70. The number of nitrogens with two attached hydrogens (primary N) is 2. The van der Waals surface area contributed by atoms with Gasteiger partial charge < -0.3 is 21.1 Å². The van der Waals surface area contributed by atoms with Gasteiger partial charge in [0.1, 0.15) is 11.6 Å². The van der Waals surface area contributed by atoms with Crippen LogP contribution >= 0.6 is 0 Å². The number of aromatic nitrogens is 3. The van der Waals surface area contributed by atoms with Gasteiger partial charge in [0.05, 0.1) is 18.3 Å². The predicted molar refractivity (Wildman–Crippen MR) is 128 cm³/mol. The molecule has 168 valence electrons. The van der Waals surface area contributed by atoms with Crippen LogP contribution in [0.3, 0.4) is 0 Å². The minimum atomic E-state index is -0.144. The smallest absolute Gasteiger partial charge is 0.330 e. The van der Waals surface area contributed by atoms with E-state index in [1.165, 1.54) is 17.4 Å². The fourth-order valence-corrected chi connectivity index (χ4v) is 4.81. The summed E-state index contributed by atoms with van der Waals surface area (Å²) < 4.78 is 8.91. The van der Waals surface area contributed by atoms with Crippen LogP contribution in [0.25, 0.3) is 22.4 Å². The molecule has 0 saturated carbocycles. The number of nitrogens with zero attached hydrogens (tertiary/aromatic N) is 4. The molecule has 2 saturated heterocycles. The topological polar surface area (TPSA) is 104 Å². The largest absolute Gasteiger partial charge is 0.398 e. The van der Waals surface area contributed by atoms with Crippen LogP contribution < -0.4 is 22.1 Å². The van der Waals surface area contributed by atoms with E-state index < -0.39 is 0 Å². The average Bonchev–Trinajstić information content (AvgIpc) is 3.44. The van der Waals surface area contributed by atoms with Crippen molar-refractivity contribution in [2.45, 2.75) is 31.7 Å². The van der Waals surface area contributed by atoms with Gasteiger partial charge in [0.2, 0.25) is 0 Å². The Kier molecular flexibility index (Phi) is 5.38. The van der Waals surface area contributed by atoms with Gasteiger partial charge in [0, 0.05) is 49.8 Å². The molecular formula is C24H30N6O2. The molecule has 0 aliphatic carbocycles. The molecule has 4 heterocycles. The number of rotatable bonds is 4. The second-order valence-electron chi connectivity index (χ2n) is 8.72. The van der Waals surface area contributed by atoms with Crippen molar-refractivity contribution < 1.29 is 4.74 Å². The molecule has 2 aliphatic rings. The molecule has 1 aromatic carbocycles. The second kappa shape index (κ2) is 8.35. The molecule has 2 aliphatic heterocycles. The Morgan fingerprint density at radius 1 is 1.06 bits per heavy atom. The Morgan fingerprint density at radius 2 is 1.84 bits per heavy atom. The van der Waals surface area contributed by atoms with E-state index in [0.717, 1.165) is 55.0 Å². The Hall–Kier alpha value is -3.26. The first kappa shape index (κ1) is 20.6. The van der Waals surface area contributed by atoms with E-state index >= 15 is 0 Å². The SMILES string of the molecule is Cn1c(N)c(-c2cc(-c3ccc(N4CCCC4)nc3)ccc2N)n([C@@H]2CCCOC2)c1=O. The number of anilines is 3. The number of nitrogen functional groups attached to an aromatic ring is 2. The highest BCUT2D eigenvalue weighted by atomic mass is 16.5. The van der Waals surface area contributed by atoms with Crippen LogP contribution in [-0.4, -0.2) is 40.4 Å². The molecule has 4 N–H and O–H groups in total. The lowest BCUT2D eigenvalue weighted by atomic mass is 10.0. The van der Waals surface area contributed by atoms with Crippen LogP contribution in [0.4, 0.5) is 17.3 Å². The van der Waals surface area contributed by atoms with E-state index in [2.05, 4.69) is 22.0 Å². The lowest BCUT2D eigenvalue weighted by Crippen LogP contribution is -2.31. The molecule has 0 bridgehead atoms. The zero-order valence-electron chi connectivity index (χ0n) is 18.5. The lowest BCUT2D eigenvalue weighted by Gasteiger charge is -2.25. The summed E-state index contributed by atoms with van der Waals surface area (Å²) in [6, 6.07) is 9.97. The molecule has 1 atom stereocenters. The van der Waals surface area contributed by atoms with Crippen LogP contribution in [-0.2, 0) is 11.8 Å². The minimum absolute atomic E-state index is 0.0563. The Labute approximate surface area is 187 Å². The molecule has 2 fully saturated rings. The molecule has 8 nitrogen and oxygen atoms in total. The molecular weight excluding hydrogens is 404 g/mol. The molecule has 0 unspecified atom stereocenters. The Morgan fingerprint density at radius 3 is 2.53 bits per heavy atom. The van der Waals surface area contributed by atoms with Crippen LogP contribution in [0.2, 0.25) is 0 Å². The van der Waals surface area contributed by atoms with Crippen LogP contribution in [0.15, 0.2) is 41.3 Å². The summed E-state index contributed by atoms with van der Waals surface area (Å²) in [5.74, 6) is 1.42. The van der Waals surface area contributed by atoms with E-state index in [9.17, 15) is 4.79 Å². The minimum Gasteiger partial charge on any atom is -0.398 e. The molecule has 0 radical (unpaired) electrons. The van der Waals surface area contributed by atoms with E-state index in [1.54, 1.807) is 11.6 Å². The molecule has 32 heavy (non-hydrogen) atoms. The number of ether oxygens (including phenoxy) is 1. The number of benzene rings is 1. The maximum absolute atomic E-state index is 13.0. The zero-order valence-corrected chi connectivity index (χ0v) is 18.5. The van der Waals surface area contributed by atoms with Gasteiger partial charge in [-0.15, -0.1) is 0 Å². The van der Waals surface area contributed by atoms with Crippen molar-refractivity contribution in [3.8, 4) is 22.4 Å². The molecule has 0 amide bonds. The van der Waals surface area contributed by atoms with Crippen LogP contribution in [0, 0.1) is 0 Å². The zero-order chi connectivity index (χ0) is 22.2. The van der Waals surface area contributed by atoms with Gasteiger partial charge in [-0.1, -0.05) is 6.07 Å². The van der Waals surface area contributed by atoms with Gasteiger partial charge in [-0.2, -0.15) is 0 Å². The Bertz CT molecular complexity index is 1170. The fraction of sp³-hybridized carbons (Fsp3) is 0.417. The van der Waals surface area contributed by atoms with Crippen molar-refractivity contribution in [2.75, 3.05) is 42.7 Å². The summed E-state index contributed by atoms with van der Waals surface area (Å²) in [6.07, 6.45) is 6.13. The standard InChI is InChI=1S/C24H30N6O2/c1-28-23(26)22(30(24(28)31)18-5-4-12-32-15-18)19-13-16(6-8-20(19)25)17-7-9-21(27-14-17)29-10-2-3-11-29/h6-9,13-14,18H,2-5,10-12,15,25-26H2,1H3/t18-/m1/s1. The molecule has 3 aromatic rings.